The number of hydrogen-bond donors (Lipinski definition) is 3. The molecule has 2 rings (SSSR count). The molecule has 1 amide bonds. The predicted octanol–water partition coefficient (Wildman–Crippen LogP) is 3.22. The summed E-state index contributed by atoms with van der Waals surface area (Å²) in [5.41, 5.74) is 7.71. The van der Waals surface area contributed by atoms with E-state index < -0.39 is 0 Å². The fourth-order valence-electron chi connectivity index (χ4n) is 2.07. The van der Waals surface area contributed by atoms with Gasteiger partial charge in [0.15, 0.2) is 0 Å². The van der Waals surface area contributed by atoms with Crippen LogP contribution in [0, 0.1) is 0 Å². The van der Waals surface area contributed by atoms with Crippen LogP contribution in [0.25, 0.3) is 0 Å². The Morgan fingerprint density at radius 2 is 1.95 bits per heavy atom. The van der Waals surface area contributed by atoms with Gasteiger partial charge in [0, 0.05) is 16.4 Å². The number of carbonyl (C=O) groups is 1. The number of hydrazine groups is 1. The first-order valence-corrected chi connectivity index (χ1v) is 7.35. The van der Waals surface area contributed by atoms with Gasteiger partial charge in [0.25, 0.3) is 5.91 Å². The van der Waals surface area contributed by atoms with Crippen molar-refractivity contribution in [2.24, 2.45) is 0 Å². The normalized spacial score (nSPS) is 14.9. The standard InChI is InChI=1S/C15H20ClN3O/c16-12-7-9-13(10-8-12)17-11-15(20)19-18-14-5-3-1-2-4-6-14/h5,7-10,17-18H,1-4,6,11H2,(H,19,20). The molecule has 0 spiro atoms. The van der Waals surface area contributed by atoms with Crippen LogP contribution in [0.15, 0.2) is 36.0 Å². The molecule has 3 N–H and O–H groups in total. The van der Waals surface area contributed by atoms with E-state index in [0.717, 1.165) is 24.2 Å². The molecule has 0 saturated heterocycles. The van der Waals surface area contributed by atoms with E-state index in [1.165, 1.54) is 19.3 Å². The molecule has 0 radical (unpaired) electrons. The van der Waals surface area contributed by atoms with E-state index in [9.17, 15) is 4.79 Å². The van der Waals surface area contributed by atoms with E-state index in [1.54, 1.807) is 12.1 Å². The third kappa shape index (κ3) is 5.13. The molecule has 1 aromatic carbocycles. The highest BCUT2D eigenvalue weighted by Crippen LogP contribution is 2.14. The summed E-state index contributed by atoms with van der Waals surface area (Å²) in [5, 5.41) is 3.72. The Hall–Kier alpha value is -1.68. The Kier molecular flexibility index (Phi) is 5.74. The van der Waals surface area contributed by atoms with Gasteiger partial charge in [-0.25, -0.2) is 0 Å². The van der Waals surface area contributed by atoms with Gasteiger partial charge in [0.1, 0.15) is 0 Å². The van der Waals surface area contributed by atoms with Crippen LogP contribution in [0.2, 0.25) is 5.02 Å². The maximum Gasteiger partial charge on any atom is 0.257 e. The fraction of sp³-hybridized carbons (Fsp3) is 0.400. The van der Waals surface area contributed by atoms with E-state index >= 15 is 0 Å². The minimum atomic E-state index is -0.0925. The molecule has 0 bridgehead atoms. The molecule has 1 aliphatic rings. The molecule has 0 atom stereocenters. The van der Waals surface area contributed by atoms with Crippen molar-refractivity contribution < 1.29 is 4.79 Å². The van der Waals surface area contributed by atoms with E-state index in [1.807, 2.05) is 12.1 Å². The SMILES string of the molecule is O=C(CNc1ccc(Cl)cc1)NNC1=CCCCCC1. The lowest BCUT2D eigenvalue weighted by Gasteiger charge is -2.12. The zero-order valence-electron chi connectivity index (χ0n) is 11.4. The number of rotatable bonds is 5. The van der Waals surface area contributed by atoms with Gasteiger partial charge in [0.2, 0.25) is 0 Å². The largest absolute Gasteiger partial charge is 0.376 e. The number of halogens is 1. The summed E-state index contributed by atoms with van der Waals surface area (Å²) in [7, 11) is 0. The van der Waals surface area contributed by atoms with Crippen molar-refractivity contribution >= 4 is 23.2 Å². The summed E-state index contributed by atoms with van der Waals surface area (Å²) in [5.74, 6) is -0.0925. The quantitative estimate of drug-likeness (QED) is 0.731. The average Bonchev–Trinajstić information content (AvgIpc) is 2.73. The second-order valence-corrected chi connectivity index (χ2v) is 5.30. The van der Waals surface area contributed by atoms with Gasteiger partial charge in [-0.2, -0.15) is 0 Å². The molecule has 0 unspecified atom stereocenters. The van der Waals surface area contributed by atoms with Crippen molar-refractivity contribution in [1.82, 2.24) is 10.9 Å². The molecule has 0 heterocycles. The number of nitrogens with one attached hydrogen (secondary N) is 3. The second kappa shape index (κ2) is 7.80. The highest BCUT2D eigenvalue weighted by atomic mass is 35.5. The van der Waals surface area contributed by atoms with Crippen LogP contribution in [0.5, 0.6) is 0 Å². The molecule has 0 saturated carbocycles. The third-order valence-electron chi connectivity index (χ3n) is 3.20. The summed E-state index contributed by atoms with van der Waals surface area (Å²) in [6, 6.07) is 7.26. The fourth-order valence-corrected chi connectivity index (χ4v) is 2.20. The van der Waals surface area contributed by atoms with Gasteiger partial charge < -0.3 is 10.7 Å². The molecule has 4 nitrogen and oxygen atoms in total. The van der Waals surface area contributed by atoms with Crippen LogP contribution in [0.3, 0.4) is 0 Å². The molecule has 5 heteroatoms. The first-order valence-electron chi connectivity index (χ1n) is 6.97. The number of anilines is 1. The third-order valence-corrected chi connectivity index (χ3v) is 3.45. The average molecular weight is 294 g/mol. The monoisotopic (exact) mass is 293 g/mol. The van der Waals surface area contributed by atoms with E-state index in [4.69, 9.17) is 11.6 Å². The van der Waals surface area contributed by atoms with Crippen LogP contribution in [-0.2, 0) is 4.79 Å². The molecular weight excluding hydrogens is 274 g/mol. The summed E-state index contributed by atoms with van der Waals surface area (Å²) in [4.78, 5) is 11.7. The van der Waals surface area contributed by atoms with Gasteiger partial charge >= 0.3 is 0 Å². The topological polar surface area (TPSA) is 53.2 Å². The van der Waals surface area contributed by atoms with E-state index in [2.05, 4.69) is 22.2 Å². The first kappa shape index (κ1) is 14.7. The second-order valence-electron chi connectivity index (χ2n) is 4.86. The van der Waals surface area contributed by atoms with Crippen molar-refractivity contribution in [3.05, 3.63) is 41.1 Å². The zero-order valence-corrected chi connectivity index (χ0v) is 12.2. The molecule has 0 aliphatic heterocycles. The maximum absolute atomic E-state index is 11.7. The summed E-state index contributed by atoms with van der Waals surface area (Å²) in [6.45, 7) is 0.224. The van der Waals surface area contributed by atoms with E-state index in [-0.39, 0.29) is 12.5 Å². The summed E-state index contributed by atoms with van der Waals surface area (Å²) >= 11 is 5.80. The van der Waals surface area contributed by atoms with Crippen molar-refractivity contribution in [3.8, 4) is 0 Å². The van der Waals surface area contributed by atoms with Crippen molar-refractivity contribution in [2.75, 3.05) is 11.9 Å². The lowest BCUT2D eigenvalue weighted by molar-refractivity contribution is -0.120. The summed E-state index contributed by atoms with van der Waals surface area (Å²) < 4.78 is 0. The van der Waals surface area contributed by atoms with Gasteiger partial charge in [-0.1, -0.05) is 24.1 Å². The maximum atomic E-state index is 11.7. The molecule has 20 heavy (non-hydrogen) atoms. The molecule has 0 fully saturated rings. The Morgan fingerprint density at radius 3 is 2.75 bits per heavy atom. The minimum Gasteiger partial charge on any atom is -0.376 e. The number of benzene rings is 1. The lowest BCUT2D eigenvalue weighted by atomic mass is 10.2. The van der Waals surface area contributed by atoms with Crippen molar-refractivity contribution in [3.63, 3.8) is 0 Å². The molecule has 108 valence electrons. The Labute approximate surface area is 124 Å². The first-order chi connectivity index (χ1) is 9.74. The predicted molar refractivity (Wildman–Crippen MR) is 82.4 cm³/mol. The number of hydrogen-bond acceptors (Lipinski definition) is 3. The zero-order chi connectivity index (χ0) is 14.2. The number of carbonyl (C=O) groups excluding carboxylic acids is 1. The molecular formula is C15H20ClN3O. The van der Waals surface area contributed by atoms with Crippen LogP contribution >= 0.6 is 11.6 Å². The van der Waals surface area contributed by atoms with Crippen molar-refractivity contribution in [1.29, 1.82) is 0 Å². The molecule has 0 aromatic heterocycles. The number of allylic oxidation sites excluding steroid dienone is 2. The van der Waals surface area contributed by atoms with Gasteiger partial charge in [-0.15, -0.1) is 0 Å². The van der Waals surface area contributed by atoms with Crippen molar-refractivity contribution in [2.45, 2.75) is 32.1 Å². The lowest BCUT2D eigenvalue weighted by Crippen LogP contribution is -2.40. The Morgan fingerprint density at radius 1 is 1.15 bits per heavy atom. The highest BCUT2D eigenvalue weighted by molar-refractivity contribution is 6.30. The molecule has 1 aliphatic carbocycles. The highest BCUT2D eigenvalue weighted by Gasteiger charge is 2.04. The van der Waals surface area contributed by atoms with Gasteiger partial charge in [-0.05, 0) is 49.9 Å². The Bertz CT molecular complexity index is 471. The van der Waals surface area contributed by atoms with Crippen LogP contribution in [-0.4, -0.2) is 12.5 Å². The minimum absolute atomic E-state index is 0.0925. The van der Waals surface area contributed by atoms with Gasteiger partial charge in [-0.3, -0.25) is 10.2 Å². The van der Waals surface area contributed by atoms with Gasteiger partial charge in [0.05, 0.1) is 6.54 Å². The van der Waals surface area contributed by atoms with Crippen LogP contribution < -0.4 is 16.2 Å². The summed E-state index contributed by atoms with van der Waals surface area (Å²) in [6.07, 6.45) is 7.93. The Balaban J connectivity index is 1.70. The smallest absolute Gasteiger partial charge is 0.257 e. The van der Waals surface area contributed by atoms with Crippen LogP contribution in [0.4, 0.5) is 5.69 Å². The number of amides is 1. The van der Waals surface area contributed by atoms with Crippen LogP contribution in [0.1, 0.15) is 32.1 Å². The molecule has 1 aromatic rings. The van der Waals surface area contributed by atoms with E-state index in [0.29, 0.717) is 5.02 Å².